The summed E-state index contributed by atoms with van der Waals surface area (Å²) in [5.41, 5.74) is 28.5. The minimum atomic E-state index is -1.71. The first kappa shape index (κ1) is 86.3. The lowest BCUT2D eigenvalue weighted by atomic mass is 10.0. The maximum atomic E-state index is 14.3. The highest BCUT2D eigenvalue weighted by Crippen LogP contribution is 2.13. The lowest BCUT2D eigenvalue weighted by Gasteiger charge is -2.26. The Kier molecular flexibility index (Phi) is 39.4. The third kappa shape index (κ3) is 35.6. The van der Waals surface area contributed by atoms with Gasteiger partial charge in [0.15, 0.2) is 11.9 Å². The number of aliphatic imine (C=N–C) groups is 2. The van der Waals surface area contributed by atoms with E-state index in [1.807, 2.05) is 0 Å². The summed E-state index contributed by atoms with van der Waals surface area (Å²) in [5, 5.41) is 52.4. The largest absolute Gasteiger partial charge is 0.481 e. The summed E-state index contributed by atoms with van der Waals surface area (Å²) >= 11 is 0. The van der Waals surface area contributed by atoms with Crippen molar-refractivity contribution in [3.05, 3.63) is 71.8 Å². The highest BCUT2D eigenvalue weighted by atomic mass is 16.5. The minimum absolute atomic E-state index is 0.00794. The number of carbonyl (C=O) groups excluding carboxylic acids is 13. The zero-order valence-electron chi connectivity index (χ0n) is 58.4. The first-order chi connectivity index (χ1) is 50.2. The monoisotopic (exact) mass is 1480 g/mol. The second-order valence-electron chi connectivity index (χ2n) is 24.6. The molecule has 1 unspecified atom stereocenters. The normalized spacial score (nSPS) is 20.5. The molecule has 0 aromatic heterocycles. The molecule has 9 atom stereocenters. The lowest BCUT2D eigenvalue weighted by Crippen LogP contribution is -2.58. The Labute approximate surface area is 605 Å². The second kappa shape index (κ2) is 48.0. The number of carbonyl (C=O) groups is 15. The van der Waals surface area contributed by atoms with Gasteiger partial charge in [-0.1, -0.05) is 60.7 Å². The summed E-state index contributed by atoms with van der Waals surface area (Å²) in [6.45, 7) is -0.638. The van der Waals surface area contributed by atoms with Gasteiger partial charge in [0, 0.05) is 58.4 Å². The van der Waals surface area contributed by atoms with Gasteiger partial charge in [0.25, 0.3) is 0 Å². The van der Waals surface area contributed by atoms with E-state index in [1.165, 1.54) is 0 Å². The molecule has 4 rings (SSSR count). The third-order valence-electron chi connectivity index (χ3n) is 16.0. The molecule has 0 saturated carbocycles. The molecule has 0 radical (unpaired) electrons. The van der Waals surface area contributed by atoms with Crippen LogP contribution in [-0.2, 0) is 94.2 Å². The summed E-state index contributed by atoms with van der Waals surface area (Å²) < 4.78 is 10.8. The summed E-state index contributed by atoms with van der Waals surface area (Å²) in [5.74, 6) is -14.5. The number of guanidine groups is 2. The molecule has 39 nitrogen and oxygen atoms in total. The number of benzene rings is 2. The molecule has 2 aromatic rings. The van der Waals surface area contributed by atoms with E-state index in [9.17, 15) is 82.1 Å². The van der Waals surface area contributed by atoms with Crippen LogP contribution in [0.5, 0.6) is 0 Å². The van der Waals surface area contributed by atoms with E-state index < -0.39 is 169 Å². The van der Waals surface area contributed by atoms with Gasteiger partial charge in [-0.2, -0.15) is 0 Å². The van der Waals surface area contributed by atoms with Crippen molar-refractivity contribution in [2.24, 2.45) is 38.7 Å². The average molecular weight is 1480 g/mol. The van der Waals surface area contributed by atoms with Crippen LogP contribution in [0.15, 0.2) is 70.6 Å². The van der Waals surface area contributed by atoms with E-state index in [1.54, 1.807) is 60.7 Å². The van der Waals surface area contributed by atoms with Crippen LogP contribution in [0.1, 0.15) is 107 Å². The van der Waals surface area contributed by atoms with Crippen LogP contribution < -0.4 is 97.8 Å². The Bertz CT molecular complexity index is 3310. The van der Waals surface area contributed by atoms with E-state index in [-0.39, 0.29) is 161 Å². The van der Waals surface area contributed by atoms with Crippen molar-refractivity contribution in [3.63, 3.8) is 0 Å². The van der Waals surface area contributed by atoms with Crippen LogP contribution in [0.25, 0.3) is 0 Å². The van der Waals surface area contributed by atoms with Crippen LogP contribution >= 0.6 is 0 Å². The first-order valence-electron chi connectivity index (χ1n) is 34.5. The Morgan fingerprint density at radius 3 is 1.25 bits per heavy atom. The molecule has 39 heteroatoms. The molecule has 2 aromatic carbocycles. The van der Waals surface area contributed by atoms with Crippen molar-refractivity contribution in [2.75, 3.05) is 72.2 Å². The smallest absolute Gasteiger partial charge is 0.305 e. The average Bonchev–Trinajstić information content (AvgIpc) is 1.84. The summed E-state index contributed by atoms with van der Waals surface area (Å²) in [4.78, 5) is 210. The number of aliphatic carboxylic acids is 2. The molecule has 2 saturated heterocycles. The number of rotatable bonds is 39. The van der Waals surface area contributed by atoms with E-state index in [0.29, 0.717) is 17.7 Å². The molecule has 578 valence electrons. The predicted octanol–water partition coefficient (Wildman–Crippen LogP) is -7.11. The van der Waals surface area contributed by atoms with Crippen molar-refractivity contribution in [1.82, 2.24) is 69.1 Å². The van der Waals surface area contributed by atoms with Crippen molar-refractivity contribution < 1.29 is 91.6 Å². The van der Waals surface area contributed by atoms with Crippen LogP contribution in [0, 0.1) is 0 Å². The molecule has 0 spiro atoms. The van der Waals surface area contributed by atoms with Gasteiger partial charge in [0.05, 0.1) is 52.4 Å². The third-order valence-corrected chi connectivity index (χ3v) is 16.0. The minimum Gasteiger partial charge on any atom is -0.481 e. The van der Waals surface area contributed by atoms with Crippen molar-refractivity contribution in [1.29, 1.82) is 0 Å². The molecular weight excluding hydrogens is 1380 g/mol. The molecule has 0 aliphatic carbocycles. The van der Waals surface area contributed by atoms with Gasteiger partial charge in [-0.05, 0) is 81.8 Å². The molecular formula is C66H100N20O19. The standard InChI is InChI=1S/C66H100N20O19/c67-24-30-105-32-31-104-29-23-51(88)78-45(56(95)73-26-10-8-18-44-60(99)82-42(20-12-28-75-66(70)71)58(97)77-38-53(90)80-49(36-55(93)94)64(103)86-47(62(101)84-44)34-40-15-5-2-6-16-40)21-22-50(87)72-25-9-7-17-43-59(98)81-41(19-11-27-74-65(68)69)57(96)76-37-52(89)79-48(35-54(91)92)63(102)85-46(61(100)83-43)33-39-13-3-1-4-14-39/h1-6,13-16,41-49H,7-12,17-38,67H2,(H,72,87)(H,73,95)(H,76,96)(H,77,97)(H,78,88)(H,79,89)(H,80,90)(H,81,98)(H,82,99)(H,83,100)(H,84,101)(H,85,102)(H,86,103)(H,91,92)(H,93,94)(H4,68,69,74)(H4,70,71,75)/t41-,42-,43-,44-,45?,46+,47+,48-,49-/m0/s1. The number of nitrogens with zero attached hydrogens (tertiary/aromatic N) is 2. The summed E-state index contributed by atoms with van der Waals surface area (Å²) in [6, 6.07) is 3.71. The van der Waals surface area contributed by atoms with Gasteiger partial charge < -0.3 is 117 Å². The van der Waals surface area contributed by atoms with Gasteiger partial charge in [-0.3, -0.25) is 81.9 Å². The molecule has 105 heavy (non-hydrogen) atoms. The van der Waals surface area contributed by atoms with Crippen LogP contribution in [0.2, 0.25) is 0 Å². The van der Waals surface area contributed by atoms with Crippen molar-refractivity contribution in [3.8, 4) is 0 Å². The Balaban J connectivity index is 1.51. The molecule has 0 bridgehead atoms. The van der Waals surface area contributed by atoms with Crippen LogP contribution in [-0.4, -0.2) is 237 Å². The topological polar surface area (TPSA) is 626 Å². The van der Waals surface area contributed by atoms with Crippen molar-refractivity contribution >= 4 is 101 Å². The first-order valence-corrected chi connectivity index (χ1v) is 34.5. The van der Waals surface area contributed by atoms with E-state index >= 15 is 0 Å². The number of carboxylic acids is 2. The highest BCUT2D eigenvalue weighted by Gasteiger charge is 2.36. The van der Waals surface area contributed by atoms with Crippen LogP contribution in [0.3, 0.4) is 0 Å². The number of nitrogens with one attached hydrogen (secondary N) is 13. The fourth-order valence-corrected chi connectivity index (χ4v) is 10.7. The van der Waals surface area contributed by atoms with E-state index in [0.717, 1.165) is 0 Å². The zero-order valence-corrected chi connectivity index (χ0v) is 58.4. The Hall–Kier alpha value is -11.1. The lowest BCUT2D eigenvalue weighted by molar-refractivity contribution is -0.141. The number of nitrogens with two attached hydrogens (primary N) is 5. The molecule has 25 N–H and O–H groups in total. The molecule has 2 aliphatic rings. The maximum absolute atomic E-state index is 14.3. The molecule has 2 heterocycles. The molecule has 2 aliphatic heterocycles. The number of ether oxygens (including phenoxy) is 2. The number of unbranched alkanes of at least 4 members (excludes halogenated alkanes) is 2. The quantitative estimate of drug-likeness (QED) is 0.0168. The van der Waals surface area contributed by atoms with E-state index in [4.69, 9.17) is 38.1 Å². The highest BCUT2D eigenvalue weighted by molar-refractivity contribution is 6.00. The van der Waals surface area contributed by atoms with Gasteiger partial charge >= 0.3 is 11.9 Å². The number of carboxylic acid groups (broad SMARTS) is 2. The number of hydrogen-bond donors (Lipinski definition) is 20. The second-order valence-corrected chi connectivity index (χ2v) is 24.6. The Morgan fingerprint density at radius 2 is 0.829 bits per heavy atom. The summed E-state index contributed by atoms with van der Waals surface area (Å²) in [7, 11) is 0. The van der Waals surface area contributed by atoms with Gasteiger partial charge in [-0.15, -0.1) is 0 Å². The predicted molar refractivity (Wildman–Crippen MR) is 376 cm³/mol. The number of amides is 13. The van der Waals surface area contributed by atoms with E-state index in [2.05, 4.69) is 79.1 Å². The molecule has 13 amide bonds. The van der Waals surface area contributed by atoms with Crippen LogP contribution in [0.4, 0.5) is 0 Å². The fourth-order valence-electron chi connectivity index (χ4n) is 10.7. The maximum Gasteiger partial charge on any atom is 0.305 e. The van der Waals surface area contributed by atoms with Gasteiger partial charge in [-0.25, -0.2) is 0 Å². The van der Waals surface area contributed by atoms with Gasteiger partial charge in [0.2, 0.25) is 76.8 Å². The van der Waals surface area contributed by atoms with Gasteiger partial charge in [0.1, 0.15) is 54.4 Å². The SMILES string of the molecule is NCCOCCOCCC(=O)NC(CCC(=O)NCCCC[C@@H]1NC(=O)[C@@H](Cc2ccccc2)NC(=O)[C@H](CC(=O)O)NC(=O)CNC(=O)[C@H](CCCN=C(N)N)NC1=O)C(=O)NCCCC[C@@H]1NC(=O)[C@@H](Cc2ccccc2)NC(=O)[C@H](CC(=O)O)NC(=O)CNC(=O)[C@H](CCCN=C(N)N)NC1=O. The summed E-state index contributed by atoms with van der Waals surface area (Å²) in [6.07, 6.45) is -2.40. The fraction of sp³-hybridized carbons (Fsp3) is 0.561. The Morgan fingerprint density at radius 1 is 0.448 bits per heavy atom. The number of hydrogen-bond acceptors (Lipinski definition) is 20. The van der Waals surface area contributed by atoms with Crippen molar-refractivity contribution in [2.45, 2.75) is 164 Å². The molecule has 2 fully saturated rings. The zero-order chi connectivity index (χ0) is 77.1.